The number of ether oxygens (including phenoxy) is 3. The van der Waals surface area contributed by atoms with Crippen LogP contribution in [0.1, 0.15) is 38.9 Å². The van der Waals surface area contributed by atoms with Crippen molar-refractivity contribution in [3.8, 4) is 23.1 Å². The van der Waals surface area contributed by atoms with Crippen LogP contribution in [0.2, 0.25) is 0 Å². The van der Waals surface area contributed by atoms with E-state index in [0.29, 0.717) is 36.8 Å². The van der Waals surface area contributed by atoms with Crippen LogP contribution in [0.4, 0.5) is 18.9 Å². The van der Waals surface area contributed by atoms with Crippen molar-refractivity contribution in [1.82, 2.24) is 19.4 Å². The van der Waals surface area contributed by atoms with Gasteiger partial charge in [-0.3, -0.25) is 14.5 Å². The molecule has 14 heteroatoms. The number of benzene rings is 3. The molecule has 0 saturated carbocycles. The quantitative estimate of drug-likeness (QED) is 0.163. The number of nitrogens with zero attached hydrogens (tertiary/aromatic N) is 5. The van der Waals surface area contributed by atoms with E-state index >= 15 is 0 Å². The third-order valence-electron chi connectivity index (χ3n) is 9.01. The highest BCUT2D eigenvalue weighted by Crippen LogP contribution is 2.34. The fourth-order valence-electron chi connectivity index (χ4n) is 6.26. The first-order chi connectivity index (χ1) is 24.1. The molecule has 7 rings (SSSR count). The molecule has 2 aromatic heterocycles. The van der Waals surface area contributed by atoms with E-state index in [9.17, 15) is 22.8 Å². The topological polar surface area (TPSA) is 89.4 Å². The van der Waals surface area contributed by atoms with Gasteiger partial charge >= 0.3 is 6.18 Å². The van der Waals surface area contributed by atoms with Crippen molar-refractivity contribution in [2.75, 3.05) is 44.9 Å². The predicted molar refractivity (Wildman–Crippen MR) is 190 cm³/mol. The predicted octanol–water partition coefficient (Wildman–Crippen LogP) is 7.41. The molecule has 2 aliphatic rings. The minimum atomic E-state index is -4.48. The number of aryl methyl sites for hydroxylation is 1. The lowest BCUT2D eigenvalue weighted by molar-refractivity contribution is -0.137. The van der Waals surface area contributed by atoms with Crippen LogP contribution < -0.4 is 19.1 Å². The van der Waals surface area contributed by atoms with Gasteiger partial charge in [-0.2, -0.15) is 13.2 Å². The Hall–Kier alpha value is -5.08. The fourth-order valence-corrected chi connectivity index (χ4v) is 6.26. The lowest BCUT2D eigenvalue weighted by Crippen LogP contribution is -2.48. The summed E-state index contributed by atoms with van der Waals surface area (Å²) < 4.78 is 57.7. The summed E-state index contributed by atoms with van der Waals surface area (Å²) >= 11 is 0. The molecular formula is C37H35BrF3N5O5. The summed E-state index contributed by atoms with van der Waals surface area (Å²) in [5.41, 5.74) is 2.41. The Bertz CT molecular complexity index is 2050. The minimum Gasteiger partial charge on any atom is -0.454 e. The van der Waals surface area contributed by atoms with Gasteiger partial charge in [-0.1, -0.05) is 6.07 Å². The van der Waals surface area contributed by atoms with E-state index in [1.165, 1.54) is 18.1 Å². The minimum absolute atomic E-state index is 0. The molecule has 0 aliphatic carbocycles. The van der Waals surface area contributed by atoms with E-state index < -0.39 is 17.6 Å². The van der Waals surface area contributed by atoms with Gasteiger partial charge in [0, 0.05) is 68.8 Å². The Labute approximate surface area is 302 Å². The van der Waals surface area contributed by atoms with Crippen LogP contribution in [-0.4, -0.2) is 71.2 Å². The maximum atomic E-state index is 13.7. The smallest absolute Gasteiger partial charge is 0.416 e. The molecule has 3 aromatic carbocycles. The molecule has 51 heavy (non-hydrogen) atoms. The number of amides is 2. The number of rotatable bonds is 8. The standard InChI is InChI=1S/C37H34F3N5O5.BrH/c1-3-45-30-11-10-29(50-34-13-9-28(21-41-34)42(2)35(46)25-5-7-27(8-6-25)37(38,39)40)19-26(30)20-31(45)36(47)44-16-14-43(15-17-44)22-24-4-12-32-33(18-24)49-23-48-32;/h4-13,18-21H,3,14-17,22-23H2,1-2H3;1H. The number of aromatic nitrogens is 2. The summed E-state index contributed by atoms with van der Waals surface area (Å²) in [5, 5.41) is 0.854. The first-order valence-corrected chi connectivity index (χ1v) is 16.2. The number of hydrogen-bond acceptors (Lipinski definition) is 7. The monoisotopic (exact) mass is 765 g/mol. The van der Waals surface area contributed by atoms with Crippen molar-refractivity contribution in [3.63, 3.8) is 0 Å². The van der Waals surface area contributed by atoms with Gasteiger partial charge in [-0.15, -0.1) is 17.0 Å². The van der Waals surface area contributed by atoms with E-state index in [-0.39, 0.29) is 41.1 Å². The molecule has 2 aliphatic heterocycles. The maximum Gasteiger partial charge on any atom is 0.416 e. The van der Waals surface area contributed by atoms with E-state index in [1.807, 2.05) is 58.9 Å². The molecule has 1 fully saturated rings. The summed E-state index contributed by atoms with van der Waals surface area (Å²) in [6, 6.07) is 20.8. The van der Waals surface area contributed by atoms with Gasteiger partial charge in [0.2, 0.25) is 12.7 Å². The number of halogens is 4. The molecule has 1 saturated heterocycles. The number of anilines is 1. The van der Waals surface area contributed by atoms with Crippen LogP contribution in [0.15, 0.2) is 85.1 Å². The zero-order valence-electron chi connectivity index (χ0n) is 27.9. The number of carbonyl (C=O) groups excluding carboxylic acids is 2. The Balaban J connectivity index is 0.00000448. The van der Waals surface area contributed by atoms with Gasteiger partial charge in [0.25, 0.3) is 11.8 Å². The SMILES string of the molecule is Br.CCn1c(C(=O)N2CCN(Cc3ccc4c(c3)OCO4)CC2)cc2cc(Oc3ccc(N(C)C(=O)c4ccc(C(F)(F)F)cc4)cn3)ccc21. The zero-order chi connectivity index (χ0) is 35.0. The van der Waals surface area contributed by atoms with Crippen LogP contribution >= 0.6 is 17.0 Å². The first kappa shape index (κ1) is 35.7. The molecule has 10 nitrogen and oxygen atoms in total. The van der Waals surface area contributed by atoms with Crippen molar-refractivity contribution in [2.45, 2.75) is 26.2 Å². The van der Waals surface area contributed by atoms with Gasteiger partial charge in [-0.25, -0.2) is 4.98 Å². The highest BCUT2D eigenvalue weighted by molar-refractivity contribution is 8.93. The summed E-state index contributed by atoms with van der Waals surface area (Å²) in [6.45, 7) is 6.41. The van der Waals surface area contributed by atoms with Gasteiger partial charge in [0.1, 0.15) is 11.4 Å². The molecule has 0 N–H and O–H groups in total. The molecule has 0 unspecified atom stereocenters. The van der Waals surface area contributed by atoms with Gasteiger partial charge < -0.3 is 28.6 Å². The third-order valence-corrected chi connectivity index (χ3v) is 9.01. The fraction of sp³-hybridized carbons (Fsp3) is 0.270. The number of alkyl halides is 3. The highest BCUT2D eigenvalue weighted by atomic mass is 79.9. The van der Waals surface area contributed by atoms with E-state index in [0.717, 1.165) is 71.9 Å². The molecule has 0 spiro atoms. The van der Waals surface area contributed by atoms with E-state index in [4.69, 9.17) is 14.2 Å². The summed E-state index contributed by atoms with van der Waals surface area (Å²) in [7, 11) is 1.52. The number of piperazine rings is 1. The Morgan fingerprint density at radius 2 is 1.65 bits per heavy atom. The average Bonchev–Trinajstić information content (AvgIpc) is 3.75. The number of fused-ring (bicyclic) bond motifs is 2. The van der Waals surface area contributed by atoms with E-state index in [2.05, 4.69) is 9.88 Å². The average molecular weight is 767 g/mol. The van der Waals surface area contributed by atoms with Gasteiger partial charge in [0.15, 0.2) is 11.5 Å². The second-order valence-corrected chi connectivity index (χ2v) is 12.1. The number of carbonyl (C=O) groups is 2. The Morgan fingerprint density at radius 3 is 2.33 bits per heavy atom. The third kappa shape index (κ3) is 7.52. The second-order valence-electron chi connectivity index (χ2n) is 12.1. The van der Waals surface area contributed by atoms with Crippen molar-refractivity contribution in [1.29, 1.82) is 0 Å². The molecule has 0 radical (unpaired) electrons. The highest BCUT2D eigenvalue weighted by Gasteiger charge is 2.30. The summed E-state index contributed by atoms with van der Waals surface area (Å²) in [5.74, 6) is 1.85. The van der Waals surface area contributed by atoms with Crippen LogP contribution in [0, 0.1) is 0 Å². The lowest BCUT2D eigenvalue weighted by Gasteiger charge is -2.35. The van der Waals surface area contributed by atoms with Crippen LogP contribution in [0.5, 0.6) is 23.1 Å². The van der Waals surface area contributed by atoms with Crippen molar-refractivity contribution in [2.24, 2.45) is 0 Å². The lowest BCUT2D eigenvalue weighted by atomic mass is 10.1. The molecule has 5 aromatic rings. The van der Waals surface area contributed by atoms with Crippen molar-refractivity contribution >= 4 is 45.4 Å². The summed E-state index contributed by atoms with van der Waals surface area (Å²) in [6.07, 6.45) is -3.03. The van der Waals surface area contributed by atoms with Gasteiger partial charge in [-0.05, 0) is 79.2 Å². The normalized spacial score (nSPS) is 14.3. The number of pyridine rings is 1. The Morgan fingerprint density at radius 1 is 0.902 bits per heavy atom. The Kier molecular flexibility index (Phi) is 10.3. The van der Waals surface area contributed by atoms with E-state index in [1.54, 1.807) is 12.1 Å². The van der Waals surface area contributed by atoms with Crippen LogP contribution in [-0.2, 0) is 19.3 Å². The first-order valence-electron chi connectivity index (χ1n) is 16.2. The van der Waals surface area contributed by atoms with Crippen molar-refractivity contribution in [3.05, 3.63) is 107 Å². The van der Waals surface area contributed by atoms with Crippen LogP contribution in [0.3, 0.4) is 0 Å². The molecule has 4 heterocycles. The van der Waals surface area contributed by atoms with Gasteiger partial charge in [0.05, 0.1) is 17.4 Å². The molecule has 0 atom stereocenters. The molecule has 0 bridgehead atoms. The molecule has 266 valence electrons. The molecule has 2 amide bonds. The largest absolute Gasteiger partial charge is 0.454 e. The zero-order valence-corrected chi connectivity index (χ0v) is 29.6. The maximum absolute atomic E-state index is 13.7. The number of hydrogen-bond donors (Lipinski definition) is 0. The molecular weight excluding hydrogens is 731 g/mol. The van der Waals surface area contributed by atoms with Crippen LogP contribution in [0.25, 0.3) is 10.9 Å². The summed E-state index contributed by atoms with van der Waals surface area (Å²) in [4.78, 5) is 36.5. The second kappa shape index (κ2) is 14.6. The van der Waals surface area contributed by atoms with Crippen molar-refractivity contribution < 1.29 is 37.0 Å².